The van der Waals surface area contributed by atoms with Crippen LogP contribution in [-0.2, 0) is 52.7 Å². The Hall–Kier alpha value is -5.70. The Kier molecular flexibility index (Phi) is 14.9. The van der Waals surface area contributed by atoms with Crippen LogP contribution in [0.2, 0.25) is 0 Å². The second-order valence-corrected chi connectivity index (χ2v) is 18.8. The van der Waals surface area contributed by atoms with E-state index < -0.39 is 132 Å². The first-order chi connectivity index (χ1) is 33.2. The number of imidazole rings is 1. The van der Waals surface area contributed by atoms with Gasteiger partial charge in [-0.3, -0.25) is 36.6 Å². The van der Waals surface area contributed by atoms with Crippen LogP contribution in [0.25, 0.3) is 11.2 Å². The van der Waals surface area contributed by atoms with Gasteiger partial charge in [0.2, 0.25) is 5.91 Å². The molecule has 2 unspecified atom stereocenters. The van der Waals surface area contributed by atoms with Gasteiger partial charge >= 0.3 is 27.0 Å². The maximum absolute atomic E-state index is 13.8. The fraction of sp³-hybridized carbons (Fsp3) is 0.459. The standard InChI is InChI=1S/C37H47N13O18P2/c38-17(10-16-4-2-1-3-5-16)32(55)47-23-19(65-33(25(23)52)50-15-44-24-30(41)42-14-43-31(24)50)12-62-69(58,59)68-29-20(66-35(27(29)54)49-9-7-22(40)46-37(49)57)13-63-70(60,61)67-28-18(11-51)64-34(26(28)53)48-8-6-21(39)45-36(48)56/h1-9,14-15,17-20,23,25-29,33-35,51-54H,10-13,38H2,(H,47,55)(H,58,59)(H,60,61)(H2,39,45,56)(H2,40,46,57)(H2,41,42,43)/t17-,18+,19+,20+,23+,25+,26+,27+,28+,29+,33+,34+,35+/m0/s1. The smallest absolute Gasteiger partial charge is 0.394 e. The third kappa shape index (κ3) is 10.8. The maximum Gasteiger partial charge on any atom is 0.472 e. The Bertz CT molecular complexity index is 2900. The molecule has 0 saturated carbocycles. The number of carbonyl (C=O) groups excluding carboxylic acids is 1. The number of carbonyl (C=O) groups is 1. The fourth-order valence-electron chi connectivity index (χ4n) is 7.96. The normalized spacial score (nSPS) is 30.0. The second kappa shape index (κ2) is 20.6. The maximum atomic E-state index is 13.8. The van der Waals surface area contributed by atoms with E-state index in [0.717, 1.165) is 39.5 Å². The molecule has 378 valence electrons. The van der Waals surface area contributed by atoms with Crippen molar-refractivity contribution < 1.29 is 76.4 Å². The van der Waals surface area contributed by atoms with Crippen molar-refractivity contribution in [1.29, 1.82) is 0 Å². The molecule has 3 saturated heterocycles. The molecule has 70 heavy (non-hydrogen) atoms. The molecule has 3 fully saturated rings. The van der Waals surface area contributed by atoms with Gasteiger partial charge in [-0.25, -0.2) is 33.7 Å². The molecule has 1 aromatic carbocycles. The number of anilines is 3. The van der Waals surface area contributed by atoms with Crippen LogP contribution in [0.15, 0.2) is 77.1 Å². The van der Waals surface area contributed by atoms with E-state index in [2.05, 4.69) is 30.2 Å². The zero-order chi connectivity index (χ0) is 50.2. The third-order valence-electron chi connectivity index (χ3n) is 11.3. The topological polar surface area (TPSA) is 467 Å². The first kappa shape index (κ1) is 50.7. The number of aliphatic hydroxyl groups excluding tert-OH is 4. The van der Waals surface area contributed by atoms with Gasteiger partial charge in [-0.2, -0.15) is 9.97 Å². The van der Waals surface area contributed by atoms with Crippen LogP contribution in [-0.4, -0.2) is 155 Å². The Labute approximate surface area is 392 Å². The number of amides is 1. The number of phosphoric acid groups is 2. The summed E-state index contributed by atoms with van der Waals surface area (Å²) >= 11 is 0. The van der Waals surface area contributed by atoms with Gasteiger partial charge in [0.15, 0.2) is 30.1 Å². The monoisotopic (exact) mass is 1020 g/mol. The number of aromatic nitrogens is 8. The Morgan fingerprint density at radius 2 is 1.27 bits per heavy atom. The minimum absolute atomic E-state index is 0.000212. The van der Waals surface area contributed by atoms with Crippen molar-refractivity contribution in [1.82, 2.24) is 43.9 Å². The van der Waals surface area contributed by atoms with E-state index >= 15 is 0 Å². The summed E-state index contributed by atoms with van der Waals surface area (Å²) in [5, 5.41) is 46.7. The molecule has 15 atom stereocenters. The number of aliphatic hydroxyl groups is 4. The van der Waals surface area contributed by atoms with Gasteiger partial charge in [0.1, 0.15) is 72.3 Å². The minimum atomic E-state index is -5.48. The molecule has 0 radical (unpaired) electrons. The summed E-state index contributed by atoms with van der Waals surface area (Å²) in [4.78, 5) is 80.2. The van der Waals surface area contributed by atoms with Crippen molar-refractivity contribution in [3.8, 4) is 0 Å². The highest BCUT2D eigenvalue weighted by molar-refractivity contribution is 7.47. The van der Waals surface area contributed by atoms with E-state index in [4.69, 9.17) is 55.2 Å². The average Bonchev–Trinajstić information content (AvgIpc) is 4.05. The number of nitrogens with two attached hydrogens (primary N) is 4. The van der Waals surface area contributed by atoms with Gasteiger partial charge in [-0.05, 0) is 24.1 Å². The zero-order valence-corrected chi connectivity index (χ0v) is 37.8. The number of fused-ring (bicyclic) bond motifs is 1. The van der Waals surface area contributed by atoms with E-state index in [1.165, 1.54) is 17.0 Å². The van der Waals surface area contributed by atoms with Crippen molar-refractivity contribution in [3.05, 3.63) is 94.0 Å². The number of hydrogen-bond donors (Lipinski definition) is 11. The summed E-state index contributed by atoms with van der Waals surface area (Å²) in [6.07, 6.45) is -14.4. The van der Waals surface area contributed by atoms with Crippen LogP contribution in [0, 0.1) is 0 Å². The van der Waals surface area contributed by atoms with E-state index in [0.29, 0.717) is 0 Å². The molecule has 33 heteroatoms. The number of ether oxygens (including phenoxy) is 3. The van der Waals surface area contributed by atoms with Gasteiger partial charge in [0.05, 0.1) is 38.2 Å². The molecule has 5 aromatic rings. The van der Waals surface area contributed by atoms with Gasteiger partial charge in [-0.15, -0.1) is 0 Å². The SMILES string of the molecule is Nc1ccn([C@@H]2O[C@H](CO)[C@@H](OP(=O)(O)OC[C@H]3O[C@@H](n4ccc(N)nc4=O)[C@H](O)[C@@H]3OP(=O)(O)OC[C@H]3O[C@@H](n4cnc5c(N)ncnc54)[C@H](O)[C@@H]3NC(=O)[C@@H](N)Cc3ccccc3)[C@H]2O)c(=O)n1. The average molecular weight is 1020 g/mol. The number of nitrogens with one attached hydrogen (secondary N) is 1. The van der Waals surface area contributed by atoms with E-state index in [1.54, 1.807) is 30.3 Å². The lowest BCUT2D eigenvalue weighted by atomic mass is 10.0. The number of nitrogen functional groups attached to an aromatic ring is 3. The molecule has 8 rings (SSSR count). The van der Waals surface area contributed by atoms with Crippen LogP contribution >= 0.6 is 15.6 Å². The minimum Gasteiger partial charge on any atom is -0.394 e. The molecule has 7 heterocycles. The van der Waals surface area contributed by atoms with E-state index in [1.807, 2.05) is 0 Å². The first-order valence-corrected chi connectivity index (χ1v) is 23.9. The summed E-state index contributed by atoms with van der Waals surface area (Å²) < 4.78 is 68.5. The zero-order valence-electron chi connectivity index (χ0n) is 36.0. The first-order valence-electron chi connectivity index (χ1n) is 20.9. The summed E-state index contributed by atoms with van der Waals surface area (Å²) in [6, 6.07) is 8.60. The summed E-state index contributed by atoms with van der Waals surface area (Å²) in [5.74, 6) is -1.13. The van der Waals surface area contributed by atoms with E-state index in [9.17, 15) is 53.7 Å². The molecule has 3 aliphatic rings. The Morgan fingerprint density at radius 3 is 1.84 bits per heavy atom. The molecule has 0 bridgehead atoms. The second-order valence-electron chi connectivity index (χ2n) is 16.0. The largest absolute Gasteiger partial charge is 0.472 e. The highest BCUT2D eigenvalue weighted by Gasteiger charge is 2.53. The molecule has 31 nitrogen and oxygen atoms in total. The molecule has 4 aromatic heterocycles. The molecule has 3 aliphatic heterocycles. The molecular formula is C37H47N13O18P2. The number of rotatable bonds is 18. The van der Waals surface area contributed by atoms with Crippen molar-refractivity contribution >= 4 is 50.2 Å². The third-order valence-corrected chi connectivity index (χ3v) is 13.3. The fourth-order valence-corrected chi connectivity index (χ4v) is 9.89. The van der Waals surface area contributed by atoms with Crippen molar-refractivity contribution in [3.63, 3.8) is 0 Å². The molecule has 1 amide bonds. The molecule has 0 aliphatic carbocycles. The highest BCUT2D eigenvalue weighted by Crippen LogP contribution is 2.52. The number of nitrogens with zero attached hydrogens (tertiary/aromatic N) is 8. The summed E-state index contributed by atoms with van der Waals surface area (Å²) in [5.41, 5.74) is 22.3. The number of benzene rings is 1. The lowest BCUT2D eigenvalue weighted by Crippen LogP contribution is -2.53. The van der Waals surface area contributed by atoms with Gasteiger partial charge < -0.3 is 72.7 Å². The van der Waals surface area contributed by atoms with Crippen molar-refractivity contribution in [2.75, 3.05) is 37.0 Å². The van der Waals surface area contributed by atoms with Gasteiger partial charge in [-0.1, -0.05) is 30.3 Å². The molecule has 15 N–H and O–H groups in total. The lowest BCUT2D eigenvalue weighted by molar-refractivity contribution is -0.124. The van der Waals surface area contributed by atoms with Crippen LogP contribution in [0.3, 0.4) is 0 Å². The van der Waals surface area contributed by atoms with Crippen LogP contribution in [0.4, 0.5) is 17.5 Å². The Morgan fingerprint density at radius 1 is 0.743 bits per heavy atom. The highest BCUT2D eigenvalue weighted by atomic mass is 31.2. The number of phosphoric ester groups is 2. The molecular weight excluding hydrogens is 976 g/mol. The molecule has 0 spiro atoms. The number of hydrogen-bond acceptors (Lipinski definition) is 25. The predicted molar refractivity (Wildman–Crippen MR) is 234 cm³/mol. The summed E-state index contributed by atoms with van der Waals surface area (Å²) in [7, 11) is -10.9. The van der Waals surface area contributed by atoms with Crippen LogP contribution in [0.5, 0.6) is 0 Å². The van der Waals surface area contributed by atoms with E-state index in [-0.39, 0.29) is 35.0 Å². The van der Waals surface area contributed by atoms with Crippen LogP contribution in [0.1, 0.15) is 24.2 Å². The Balaban J connectivity index is 0.998. The van der Waals surface area contributed by atoms with Crippen LogP contribution < -0.4 is 39.6 Å². The predicted octanol–water partition coefficient (Wildman–Crippen LogP) is -4.09. The van der Waals surface area contributed by atoms with Gasteiger partial charge in [0.25, 0.3) is 0 Å². The van der Waals surface area contributed by atoms with Gasteiger partial charge in [0, 0.05) is 12.4 Å². The quantitative estimate of drug-likeness (QED) is 0.0372. The lowest BCUT2D eigenvalue weighted by Gasteiger charge is -2.26. The summed E-state index contributed by atoms with van der Waals surface area (Å²) in [6.45, 7) is -2.94. The van der Waals surface area contributed by atoms with Crippen molar-refractivity contribution in [2.24, 2.45) is 5.73 Å². The van der Waals surface area contributed by atoms with Crippen molar-refractivity contribution in [2.45, 2.75) is 86.0 Å².